The van der Waals surface area contributed by atoms with E-state index in [2.05, 4.69) is 16.0 Å². The molecule has 1 saturated heterocycles. The van der Waals surface area contributed by atoms with E-state index in [0.29, 0.717) is 13.1 Å². The molecule has 2 N–H and O–H groups in total. The Hall–Kier alpha value is -2.93. The van der Waals surface area contributed by atoms with Gasteiger partial charge in [0.05, 0.1) is 4.90 Å². The molecule has 2 heterocycles. The predicted octanol–water partition coefficient (Wildman–Crippen LogP) is 1.15. The maximum absolute atomic E-state index is 12.5. The second kappa shape index (κ2) is 8.44. The second-order valence-electron chi connectivity index (χ2n) is 6.53. The van der Waals surface area contributed by atoms with E-state index in [0.717, 1.165) is 29.8 Å². The van der Waals surface area contributed by atoms with Crippen LogP contribution in [-0.2, 0) is 27.5 Å². The SMILES string of the molecule is O=C(Cn1ccc(C(F)(F)F)n1)NNC(=O)c1ccc(S(=O)(=O)N2CCCC2)cc1. The molecular weight excluding hydrogens is 427 g/mol. The highest BCUT2D eigenvalue weighted by Gasteiger charge is 2.33. The zero-order valence-corrected chi connectivity index (χ0v) is 16.3. The van der Waals surface area contributed by atoms with Crippen LogP contribution >= 0.6 is 0 Å². The standard InChI is InChI=1S/C17H18F3N5O4S/c18-17(19,20)14-7-10-24(23-14)11-15(26)21-22-16(27)12-3-5-13(6-4-12)30(28,29)25-8-1-2-9-25/h3-7,10H,1-2,8-9,11H2,(H,21,26)(H,22,27). The van der Waals surface area contributed by atoms with Crippen molar-refractivity contribution in [3.05, 3.63) is 47.8 Å². The van der Waals surface area contributed by atoms with Crippen molar-refractivity contribution < 1.29 is 31.2 Å². The number of benzene rings is 1. The van der Waals surface area contributed by atoms with Gasteiger partial charge in [0.2, 0.25) is 10.0 Å². The smallest absolute Gasteiger partial charge is 0.271 e. The zero-order chi connectivity index (χ0) is 21.9. The number of amides is 2. The van der Waals surface area contributed by atoms with Gasteiger partial charge >= 0.3 is 6.18 Å². The Morgan fingerprint density at radius 1 is 1.03 bits per heavy atom. The van der Waals surface area contributed by atoms with Crippen molar-refractivity contribution in [1.29, 1.82) is 0 Å². The van der Waals surface area contributed by atoms with Crippen LogP contribution in [0.5, 0.6) is 0 Å². The first-order valence-corrected chi connectivity index (χ1v) is 10.3. The van der Waals surface area contributed by atoms with Crippen LogP contribution in [0.25, 0.3) is 0 Å². The molecule has 9 nitrogen and oxygen atoms in total. The maximum atomic E-state index is 12.5. The number of hydrogen-bond acceptors (Lipinski definition) is 5. The van der Waals surface area contributed by atoms with Crippen molar-refractivity contribution in [3.8, 4) is 0 Å². The predicted molar refractivity (Wildman–Crippen MR) is 97.3 cm³/mol. The van der Waals surface area contributed by atoms with Crippen molar-refractivity contribution >= 4 is 21.8 Å². The molecule has 0 unspecified atom stereocenters. The minimum Gasteiger partial charge on any atom is -0.271 e. The Morgan fingerprint density at radius 3 is 2.23 bits per heavy atom. The molecule has 0 bridgehead atoms. The van der Waals surface area contributed by atoms with Crippen LogP contribution in [0.1, 0.15) is 28.9 Å². The monoisotopic (exact) mass is 445 g/mol. The lowest BCUT2D eigenvalue weighted by molar-refractivity contribution is -0.141. The molecule has 30 heavy (non-hydrogen) atoms. The van der Waals surface area contributed by atoms with Gasteiger partial charge in [-0.25, -0.2) is 8.42 Å². The van der Waals surface area contributed by atoms with E-state index in [4.69, 9.17) is 0 Å². The van der Waals surface area contributed by atoms with Gasteiger partial charge < -0.3 is 0 Å². The first-order valence-electron chi connectivity index (χ1n) is 8.87. The maximum Gasteiger partial charge on any atom is 0.435 e. The highest BCUT2D eigenvalue weighted by Crippen LogP contribution is 2.27. The second-order valence-corrected chi connectivity index (χ2v) is 8.47. The third-order valence-corrected chi connectivity index (χ3v) is 6.28. The summed E-state index contributed by atoms with van der Waals surface area (Å²) >= 11 is 0. The van der Waals surface area contributed by atoms with Gasteiger partial charge in [-0.1, -0.05) is 0 Å². The summed E-state index contributed by atoms with van der Waals surface area (Å²) < 4.78 is 64.6. The fourth-order valence-electron chi connectivity index (χ4n) is 2.84. The van der Waals surface area contributed by atoms with Gasteiger partial charge in [-0.2, -0.15) is 22.6 Å². The van der Waals surface area contributed by atoms with Gasteiger partial charge in [0.25, 0.3) is 11.8 Å². The number of carbonyl (C=O) groups excluding carboxylic acids is 2. The fourth-order valence-corrected chi connectivity index (χ4v) is 4.36. The largest absolute Gasteiger partial charge is 0.435 e. The van der Waals surface area contributed by atoms with Crippen LogP contribution < -0.4 is 10.9 Å². The van der Waals surface area contributed by atoms with E-state index < -0.39 is 40.3 Å². The molecule has 2 aromatic rings. The summed E-state index contributed by atoms with van der Waals surface area (Å²) in [4.78, 5) is 23.9. The number of hydrazine groups is 1. The molecule has 3 rings (SSSR count). The molecule has 0 spiro atoms. The van der Waals surface area contributed by atoms with Crippen LogP contribution in [0.3, 0.4) is 0 Å². The first kappa shape index (κ1) is 21.8. The van der Waals surface area contributed by atoms with Crippen LogP contribution in [0.15, 0.2) is 41.4 Å². The fraction of sp³-hybridized carbons (Fsp3) is 0.353. The summed E-state index contributed by atoms with van der Waals surface area (Å²) in [6.07, 6.45) is -2.03. The average Bonchev–Trinajstić information content (AvgIpc) is 3.38. The molecule has 1 fully saturated rings. The number of rotatable bonds is 5. The average molecular weight is 445 g/mol. The van der Waals surface area contributed by atoms with Crippen LogP contribution in [-0.4, -0.2) is 47.4 Å². The number of alkyl halides is 3. The molecule has 0 aliphatic carbocycles. The van der Waals surface area contributed by atoms with E-state index >= 15 is 0 Å². The number of carbonyl (C=O) groups is 2. The van der Waals surface area contributed by atoms with Gasteiger partial charge in [-0.3, -0.25) is 25.1 Å². The van der Waals surface area contributed by atoms with Crippen LogP contribution in [0.4, 0.5) is 13.2 Å². The quantitative estimate of drug-likeness (QED) is 0.671. The third kappa shape index (κ3) is 4.97. The van der Waals surface area contributed by atoms with Crippen LogP contribution in [0.2, 0.25) is 0 Å². The summed E-state index contributed by atoms with van der Waals surface area (Å²) in [5.74, 6) is -1.52. The van der Waals surface area contributed by atoms with E-state index in [1.165, 1.54) is 28.6 Å². The molecule has 0 atom stereocenters. The molecule has 1 aromatic carbocycles. The molecule has 1 aliphatic heterocycles. The minimum atomic E-state index is -4.62. The van der Waals surface area contributed by atoms with Gasteiger partial charge in [-0.05, 0) is 43.2 Å². The Labute approximate surface area is 169 Å². The number of nitrogens with zero attached hydrogens (tertiary/aromatic N) is 3. The molecule has 13 heteroatoms. The van der Waals surface area contributed by atoms with Gasteiger partial charge in [0.1, 0.15) is 6.54 Å². The number of nitrogens with one attached hydrogen (secondary N) is 2. The highest BCUT2D eigenvalue weighted by atomic mass is 32.2. The van der Waals surface area contributed by atoms with Crippen molar-refractivity contribution in [2.75, 3.05) is 13.1 Å². The summed E-state index contributed by atoms with van der Waals surface area (Å²) in [5.41, 5.74) is 3.12. The minimum absolute atomic E-state index is 0.0594. The molecule has 1 aliphatic rings. The lowest BCUT2D eigenvalue weighted by atomic mass is 10.2. The van der Waals surface area contributed by atoms with Crippen molar-refractivity contribution in [2.45, 2.75) is 30.5 Å². The Bertz CT molecular complexity index is 1030. The van der Waals surface area contributed by atoms with E-state index in [-0.39, 0.29) is 10.5 Å². The lowest BCUT2D eigenvalue weighted by Crippen LogP contribution is -2.43. The van der Waals surface area contributed by atoms with Gasteiger partial charge in [-0.15, -0.1) is 0 Å². The molecule has 0 radical (unpaired) electrons. The zero-order valence-electron chi connectivity index (χ0n) is 15.5. The molecule has 1 aromatic heterocycles. The molecular formula is C17H18F3N5O4S. The third-order valence-electron chi connectivity index (χ3n) is 4.37. The van der Waals surface area contributed by atoms with Crippen LogP contribution in [0, 0.1) is 0 Å². The van der Waals surface area contributed by atoms with Crippen molar-refractivity contribution in [3.63, 3.8) is 0 Å². The Morgan fingerprint density at radius 2 is 1.67 bits per heavy atom. The number of hydrogen-bond donors (Lipinski definition) is 2. The van der Waals surface area contributed by atoms with Gasteiger partial charge in [0.15, 0.2) is 5.69 Å². The summed E-state index contributed by atoms with van der Waals surface area (Å²) in [6.45, 7) is 0.373. The number of aromatic nitrogens is 2. The van der Waals surface area contributed by atoms with Crippen molar-refractivity contribution in [2.24, 2.45) is 0 Å². The Balaban J connectivity index is 1.54. The van der Waals surface area contributed by atoms with Gasteiger partial charge in [0, 0.05) is 24.8 Å². The highest BCUT2D eigenvalue weighted by molar-refractivity contribution is 7.89. The Kier molecular flexibility index (Phi) is 6.12. The van der Waals surface area contributed by atoms with E-state index in [1.54, 1.807) is 0 Å². The number of halogens is 3. The topological polar surface area (TPSA) is 113 Å². The molecule has 162 valence electrons. The molecule has 0 saturated carbocycles. The molecule has 2 amide bonds. The summed E-state index contributed by atoms with van der Waals surface area (Å²) in [6, 6.07) is 5.92. The normalized spacial score (nSPS) is 15.2. The van der Waals surface area contributed by atoms with Crippen molar-refractivity contribution in [1.82, 2.24) is 24.9 Å². The van der Waals surface area contributed by atoms with E-state index in [1.807, 2.05) is 0 Å². The summed E-state index contributed by atoms with van der Waals surface area (Å²) in [5, 5.41) is 3.23. The van der Waals surface area contributed by atoms with E-state index in [9.17, 15) is 31.2 Å². The first-order chi connectivity index (χ1) is 14.1. The number of sulfonamides is 1. The lowest BCUT2D eigenvalue weighted by Gasteiger charge is -2.15. The summed E-state index contributed by atoms with van der Waals surface area (Å²) in [7, 11) is -3.61.